The van der Waals surface area contributed by atoms with Gasteiger partial charge in [0.05, 0.1) is 34.2 Å². The van der Waals surface area contributed by atoms with E-state index >= 15 is 0 Å². The van der Waals surface area contributed by atoms with E-state index in [9.17, 15) is 34.5 Å². The third kappa shape index (κ3) is 20.7. The summed E-state index contributed by atoms with van der Waals surface area (Å²) < 4.78 is 78.0. The molecule has 6 aromatic rings. The van der Waals surface area contributed by atoms with Crippen molar-refractivity contribution in [3.63, 3.8) is 0 Å². The van der Waals surface area contributed by atoms with Crippen LogP contribution < -0.4 is 0 Å². The van der Waals surface area contributed by atoms with Gasteiger partial charge in [0, 0.05) is 37.2 Å². The molecule has 6 heterocycles. The van der Waals surface area contributed by atoms with Gasteiger partial charge in [-0.05, 0) is 72.8 Å². The summed E-state index contributed by atoms with van der Waals surface area (Å²) in [7, 11) is -12.0. The van der Waals surface area contributed by atoms with E-state index in [1.54, 1.807) is 37.2 Å². The summed E-state index contributed by atoms with van der Waals surface area (Å²) in [5.41, 5.74) is 5.49. The molecule has 47 heavy (non-hydrogen) atoms. The van der Waals surface area contributed by atoms with E-state index in [-0.39, 0.29) is 19.5 Å². The first-order valence-corrected chi connectivity index (χ1v) is 13.1. The maximum absolute atomic E-state index is 9.75. The van der Waals surface area contributed by atoms with Crippen molar-refractivity contribution in [2.45, 2.75) is 0 Å². The van der Waals surface area contributed by atoms with Crippen LogP contribution in [0.25, 0.3) is 34.2 Å². The van der Waals surface area contributed by atoms with E-state index in [1.165, 1.54) is 0 Å². The molecule has 0 saturated carbocycles. The topological polar surface area (TPSA) is 77.3 Å². The molecule has 0 unspecified atom stereocenters. The molecule has 6 rings (SSSR count). The van der Waals surface area contributed by atoms with E-state index in [0.29, 0.717) is 0 Å². The van der Waals surface area contributed by atoms with Crippen molar-refractivity contribution in [3.05, 3.63) is 146 Å². The van der Waals surface area contributed by atoms with Gasteiger partial charge in [0.25, 0.3) is 0 Å². The summed E-state index contributed by atoms with van der Waals surface area (Å²) in [6.07, 6.45) is 10.6. The molecule has 6 aromatic heterocycles. The Hall–Kier alpha value is -4.91. The fourth-order valence-electron chi connectivity index (χ4n) is 3.09. The summed E-state index contributed by atoms with van der Waals surface area (Å²) in [5.74, 6) is 0. The van der Waals surface area contributed by atoms with Crippen molar-refractivity contribution in [1.29, 1.82) is 0 Å². The van der Waals surface area contributed by atoms with E-state index < -0.39 is 14.5 Å². The van der Waals surface area contributed by atoms with E-state index in [1.807, 2.05) is 109 Å². The summed E-state index contributed by atoms with van der Waals surface area (Å²) in [6, 6.07) is 34.8. The van der Waals surface area contributed by atoms with Crippen LogP contribution in [-0.2, 0) is 19.5 Å². The smallest absolute Gasteiger partial charge is 0.418 e. The molecular weight excluding hydrogens is 719 g/mol. The molecule has 0 amide bonds. The van der Waals surface area contributed by atoms with Crippen LogP contribution in [0, 0.1) is 0 Å². The molecule has 0 atom stereocenters. The first-order valence-electron chi connectivity index (χ1n) is 13.1. The van der Waals surface area contributed by atoms with E-state index in [0.717, 1.165) is 34.2 Å². The monoisotopic (exact) mass is 744 g/mol. The van der Waals surface area contributed by atoms with Crippen molar-refractivity contribution in [2.24, 2.45) is 0 Å². The molecular formula is C30H24B2F8N6Ru. The fraction of sp³-hybridized carbons (Fsp3) is 0. The van der Waals surface area contributed by atoms with Gasteiger partial charge < -0.3 is 34.5 Å². The number of halogens is 8. The third-order valence-electron chi connectivity index (χ3n) is 4.78. The minimum Gasteiger partial charge on any atom is -0.418 e. The second kappa shape index (κ2) is 21.8. The predicted octanol–water partition coefficient (Wildman–Crippen LogP) is 9.03. The minimum atomic E-state index is -6.00. The van der Waals surface area contributed by atoms with Crippen molar-refractivity contribution >= 4 is 14.5 Å². The normalized spacial score (nSPS) is 9.96. The maximum atomic E-state index is 9.75. The van der Waals surface area contributed by atoms with Gasteiger partial charge in [-0.2, -0.15) is 0 Å². The second-order valence-electron chi connectivity index (χ2n) is 8.28. The van der Waals surface area contributed by atoms with Crippen molar-refractivity contribution in [1.82, 2.24) is 29.9 Å². The van der Waals surface area contributed by atoms with E-state index in [2.05, 4.69) is 29.9 Å². The number of hydrogen-bond donors (Lipinski definition) is 0. The van der Waals surface area contributed by atoms with Crippen LogP contribution >= 0.6 is 0 Å². The van der Waals surface area contributed by atoms with Gasteiger partial charge in [0.1, 0.15) is 0 Å². The number of aromatic nitrogens is 6. The summed E-state index contributed by atoms with van der Waals surface area (Å²) >= 11 is 0. The van der Waals surface area contributed by atoms with Crippen LogP contribution in [0.3, 0.4) is 0 Å². The van der Waals surface area contributed by atoms with Crippen molar-refractivity contribution < 1.29 is 54.0 Å². The summed E-state index contributed by atoms with van der Waals surface area (Å²) in [6.45, 7) is 0. The Bertz CT molecular complexity index is 1300. The van der Waals surface area contributed by atoms with Crippen LogP contribution in [-0.4, -0.2) is 44.4 Å². The average molecular weight is 743 g/mol. The molecule has 17 heteroatoms. The quantitative estimate of drug-likeness (QED) is 0.133. The van der Waals surface area contributed by atoms with Gasteiger partial charge in [-0.15, -0.1) is 0 Å². The third-order valence-corrected chi connectivity index (χ3v) is 4.78. The van der Waals surface area contributed by atoms with Crippen LogP contribution in [0.1, 0.15) is 0 Å². The molecule has 0 bridgehead atoms. The average Bonchev–Trinajstić information content (AvgIpc) is 3.06. The van der Waals surface area contributed by atoms with Gasteiger partial charge in [-0.25, -0.2) is 0 Å². The zero-order valence-electron chi connectivity index (χ0n) is 24.1. The first-order chi connectivity index (χ1) is 21.9. The van der Waals surface area contributed by atoms with Crippen LogP contribution in [0.4, 0.5) is 34.5 Å². The Balaban J connectivity index is 0.000000307. The Morgan fingerprint density at radius 2 is 0.404 bits per heavy atom. The Morgan fingerprint density at radius 1 is 0.277 bits per heavy atom. The molecule has 0 radical (unpaired) electrons. The molecule has 0 aliphatic carbocycles. The minimum absolute atomic E-state index is 0. The second-order valence-corrected chi connectivity index (χ2v) is 8.28. The van der Waals surface area contributed by atoms with Gasteiger partial charge in [0.2, 0.25) is 0 Å². The number of pyridine rings is 6. The number of hydrogen-bond acceptors (Lipinski definition) is 6. The zero-order chi connectivity index (χ0) is 33.7. The predicted molar refractivity (Wildman–Crippen MR) is 163 cm³/mol. The molecule has 0 spiro atoms. The molecule has 0 saturated heterocycles. The van der Waals surface area contributed by atoms with Gasteiger partial charge in [-0.1, -0.05) is 36.4 Å². The number of rotatable bonds is 3. The molecule has 6 nitrogen and oxygen atoms in total. The molecule has 244 valence electrons. The Labute approximate surface area is 278 Å². The van der Waals surface area contributed by atoms with Gasteiger partial charge in [-0.3, -0.25) is 29.9 Å². The van der Waals surface area contributed by atoms with Crippen molar-refractivity contribution in [2.75, 3.05) is 0 Å². The summed E-state index contributed by atoms with van der Waals surface area (Å²) in [5, 5.41) is 0. The fourth-order valence-corrected chi connectivity index (χ4v) is 3.09. The van der Waals surface area contributed by atoms with Crippen LogP contribution in [0.15, 0.2) is 146 Å². The maximum Gasteiger partial charge on any atom is 2.00 e. The van der Waals surface area contributed by atoms with Crippen LogP contribution in [0.2, 0.25) is 0 Å². The zero-order valence-corrected chi connectivity index (χ0v) is 25.8. The molecule has 0 aromatic carbocycles. The molecule has 0 aliphatic rings. The van der Waals surface area contributed by atoms with Crippen LogP contribution in [0.5, 0.6) is 0 Å². The SMILES string of the molecule is F[B-](F)(F)F.F[B-](F)(F)F.[Ru+2].c1ccc(-c2ccccn2)nc1.c1ccc(-c2ccccn2)nc1.c1ccc(-c2ccccn2)nc1. The Kier molecular flexibility index (Phi) is 18.6. The van der Waals surface area contributed by atoms with Gasteiger partial charge >= 0.3 is 34.0 Å². The first kappa shape index (κ1) is 40.1. The van der Waals surface area contributed by atoms with Gasteiger partial charge in [0.15, 0.2) is 0 Å². The van der Waals surface area contributed by atoms with Crippen molar-refractivity contribution in [3.8, 4) is 34.2 Å². The van der Waals surface area contributed by atoms with E-state index in [4.69, 9.17) is 0 Å². The standard InChI is InChI=1S/3C10H8N2.2BF4.Ru/c3*1-3-7-11-9(5-1)10-6-2-4-8-12-10;2*2-1(3,4)5;/h3*1-8H;;;/q;;;2*-1;+2. The molecule has 0 N–H and O–H groups in total. The summed E-state index contributed by atoms with van der Waals surface area (Å²) in [4.78, 5) is 25.1. The molecule has 0 fully saturated rings. The Morgan fingerprint density at radius 3 is 0.489 bits per heavy atom. The molecule has 0 aliphatic heterocycles. The largest absolute Gasteiger partial charge is 2.00 e. The number of nitrogens with zero attached hydrogens (tertiary/aromatic N) is 6.